The maximum absolute atomic E-state index is 11.3. The number of nitrogens with zero attached hydrogens (tertiary/aromatic N) is 1. The maximum atomic E-state index is 11.3. The average Bonchev–Trinajstić information content (AvgIpc) is 2.23. The number of nitrogens with one attached hydrogen (secondary N) is 2. The van der Waals surface area contributed by atoms with E-state index in [1.54, 1.807) is 6.20 Å². The third kappa shape index (κ3) is 2.14. The van der Waals surface area contributed by atoms with Crippen LogP contribution in [-0.2, 0) is 0 Å². The molecule has 1 saturated carbocycles. The first-order chi connectivity index (χ1) is 7.67. The molecular weight excluding hydrogens is 270 g/mol. The molecule has 1 aromatic heterocycles. The Morgan fingerprint density at radius 1 is 1.62 bits per heavy atom. The number of aromatic amines is 1. The van der Waals surface area contributed by atoms with E-state index in [2.05, 4.69) is 38.4 Å². The van der Waals surface area contributed by atoms with E-state index >= 15 is 0 Å². The molecule has 16 heavy (non-hydrogen) atoms. The van der Waals surface area contributed by atoms with Gasteiger partial charge in [0.1, 0.15) is 4.47 Å². The van der Waals surface area contributed by atoms with Crippen molar-refractivity contribution in [2.45, 2.75) is 32.6 Å². The average molecular weight is 286 g/mol. The van der Waals surface area contributed by atoms with Gasteiger partial charge in [-0.15, -0.1) is 0 Å². The largest absolute Gasteiger partial charge is 0.382 e. The molecule has 0 aliphatic heterocycles. The Bertz CT molecular complexity index is 420. The summed E-state index contributed by atoms with van der Waals surface area (Å²) in [7, 11) is 0. The highest BCUT2D eigenvalue weighted by molar-refractivity contribution is 9.10. The third-order valence-electron chi connectivity index (χ3n) is 3.61. The Morgan fingerprint density at radius 3 is 2.94 bits per heavy atom. The normalized spacial score (nSPS) is 17.9. The van der Waals surface area contributed by atoms with Gasteiger partial charge < -0.3 is 5.32 Å². The summed E-state index contributed by atoms with van der Waals surface area (Å²) < 4.78 is 0.535. The van der Waals surface area contributed by atoms with Crippen LogP contribution in [0.2, 0.25) is 0 Å². The summed E-state index contributed by atoms with van der Waals surface area (Å²) in [6, 6.07) is 0. The van der Waals surface area contributed by atoms with Crippen LogP contribution in [0.15, 0.2) is 15.5 Å². The lowest BCUT2D eigenvalue weighted by molar-refractivity contribution is 0.145. The predicted octanol–water partition coefficient (Wildman–Crippen LogP) is 2.52. The van der Waals surface area contributed by atoms with Crippen LogP contribution in [0, 0.1) is 5.41 Å². The fourth-order valence-electron chi connectivity index (χ4n) is 2.12. The summed E-state index contributed by atoms with van der Waals surface area (Å²) in [5, 5.41) is 9.49. The molecule has 1 aromatic rings. The van der Waals surface area contributed by atoms with Gasteiger partial charge in [0.05, 0.1) is 11.9 Å². The SMILES string of the molecule is CCC1(CNc2cn[nH]c(=O)c2Br)CCC1. The number of halogens is 1. The van der Waals surface area contributed by atoms with Gasteiger partial charge >= 0.3 is 0 Å². The lowest BCUT2D eigenvalue weighted by Gasteiger charge is -2.41. The van der Waals surface area contributed by atoms with Gasteiger partial charge in [-0.2, -0.15) is 5.10 Å². The van der Waals surface area contributed by atoms with Crippen LogP contribution in [0.3, 0.4) is 0 Å². The molecule has 0 aromatic carbocycles. The minimum Gasteiger partial charge on any atom is -0.382 e. The Labute approximate surface area is 103 Å². The van der Waals surface area contributed by atoms with Gasteiger partial charge in [-0.1, -0.05) is 13.3 Å². The molecule has 1 fully saturated rings. The van der Waals surface area contributed by atoms with Gasteiger partial charge in [0.2, 0.25) is 0 Å². The summed E-state index contributed by atoms with van der Waals surface area (Å²) >= 11 is 3.26. The molecule has 0 bridgehead atoms. The number of aromatic nitrogens is 2. The standard InChI is InChI=1S/C11H16BrN3O/c1-2-11(4-3-5-11)7-13-8-6-14-15-10(16)9(8)12/h6H,2-5,7H2,1H3,(H2,13,15,16). The highest BCUT2D eigenvalue weighted by Gasteiger charge is 2.34. The van der Waals surface area contributed by atoms with Gasteiger partial charge in [0, 0.05) is 6.54 Å². The minimum atomic E-state index is -0.191. The van der Waals surface area contributed by atoms with Crippen LogP contribution in [0.25, 0.3) is 0 Å². The summed E-state index contributed by atoms with van der Waals surface area (Å²) in [5.74, 6) is 0. The predicted molar refractivity (Wildman–Crippen MR) is 67.6 cm³/mol. The van der Waals surface area contributed by atoms with Gasteiger partial charge in [-0.25, -0.2) is 5.10 Å². The molecule has 0 spiro atoms. The van der Waals surface area contributed by atoms with E-state index in [-0.39, 0.29) is 5.56 Å². The van der Waals surface area contributed by atoms with E-state index < -0.39 is 0 Å². The maximum Gasteiger partial charge on any atom is 0.280 e. The van der Waals surface area contributed by atoms with E-state index in [0.717, 1.165) is 12.2 Å². The third-order valence-corrected chi connectivity index (χ3v) is 4.40. The second-order valence-electron chi connectivity index (χ2n) is 4.49. The van der Waals surface area contributed by atoms with E-state index in [9.17, 15) is 4.79 Å². The van der Waals surface area contributed by atoms with Crippen molar-refractivity contribution < 1.29 is 0 Å². The monoisotopic (exact) mass is 285 g/mol. The van der Waals surface area contributed by atoms with Crippen molar-refractivity contribution in [2.24, 2.45) is 5.41 Å². The lowest BCUT2D eigenvalue weighted by Crippen LogP contribution is -2.36. The van der Waals surface area contributed by atoms with E-state index in [0.29, 0.717) is 9.89 Å². The molecule has 0 saturated heterocycles. The van der Waals surface area contributed by atoms with Crippen LogP contribution in [0.5, 0.6) is 0 Å². The van der Waals surface area contributed by atoms with Crippen molar-refractivity contribution in [3.8, 4) is 0 Å². The second-order valence-corrected chi connectivity index (χ2v) is 5.28. The van der Waals surface area contributed by atoms with E-state index in [4.69, 9.17) is 0 Å². The molecule has 0 radical (unpaired) electrons. The van der Waals surface area contributed by atoms with Crippen molar-refractivity contribution in [3.05, 3.63) is 21.0 Å². The van der Waals surface area contributed by atoms with Crippen molar-refractivity contribution in [1.82, 2.24) is 10.2 Å². The van der Waals surface area contributed by atoms with Crippen LogP contribution in [-0.4, -0.2) is 16.7 Å². The molecule has 4 nitrogen and oxygen atoms in total. The second kappa shape index (κ2) is 4.57. The Balaban J connectivity index is 2.04. The highest BCUT2D eigenvalue weighted by atomic mass is 79.9. The molecule has 0 amide bonds. The van der Waals surface area contributed by atoms with Gasteiger partial charge in [0.25, 0.3) is 5.56 Å². The van der Waals surface area contributed by atoms with Crippen molar-refractivity contribution >= 4 is 21.6 Å². The Hall–Kier alpha value is -0.840. The molecule has 2 N–H and O–H groups in total. The number of anilines is 1. The highest BCUT2D eigenvalue weighted by Crippen LogP contribution is 2.43. The number of hydrogen-bond acceptors (Lipinski definition) is 3. The topological polar surface area (TPSA) is 57.8 Å². The van der Waals surface area contributed by atoms with Gasteiger partial charge in [-0.3, -0.25) is 4.79 Å². The number of rotatable bonds is 4. The van der Waals surface area contributed by atoms with Crippen molar-refractivity contribution in [1.29, 1.82) is 0 Å². The molecule has 5 heteroatoms. The Kier molecular flexibility index (Phi) is 3.33. The zero-order chi connectivity index (χ0) is 11.6. The number of H-pyrrole nitrogens is 1. The lowest BCUT2D eigenvalue weighted by atomic mass is 9.67. The molecule has 88 valence electrons. The van der Waals surface area contributed by atoms with Crippen LogP contribution < -0.4 is 10.9 Å². The van der Waals surface area contributed by atoms with E-state index in [1.807, 2.05) is 0 Å². The first-order valence-corrected chi connectivity index (χ1v) is 6.43. The smallest absolute Gasteiger partial charge is 0.280 e. The van der Waals surface area contributed by atoms with E-state index in [1.165, 1.54) is 25.7 Å². The summed E-state index contributed by atoms with van der Waals surface area (Å²) in [4.78, 5) is 11.3. The summed E-state index contributed by atoms with van der Waals surface area (Å²) in [6.45, 7) is 3.15. The fourth-order valence-corrected chi connectivity index (χ4v) is 2.45. The number of hydrogen-bond donors (Lipinski definition) is 2. The molecule has 0 unspecified atom stereocenters. The first kappa shape index (κ1) is 11.6. The zero-order valence-electron chi connectivity index (χ0n) is 9.35. The minimum absolute atomic E-state index is 0.191. The molecular formula is C11H16BrN3O. The van der Waals surface area contributed by atoms with Gasteiger partial charge in [-0.05, 0) is 40.6 Å². The summed E-state index contributed by atoms with van der Waals surface area (Å²) in [5.41, 5.74) is 1.02. The van der Waals surface area contributed by atoms with Crippen molar-refractivity contribution in [2.75, 3.05) is 11.9 Å². The van der Waals surface area contributed by atoms with Crippen LogP contribution >= 0.6 is 15.9 Å². The first-order valence-electron chi connectivity index (χ1n) is 5.64. The fraction of sp³-hybridized carbons (Fsp3) is 0.636. The molecule has 2 rings (SSSR count). The zero-order valence-corrected chi connectivity index (χ0v) is 10.9. The van der Waals surface area contributed by atoms with Crippen molar-refractivity contribution in [3.63, 3.8) is 0 Å². The molecule has 1 aliphatic carbocycles. The molecule has 1 heterocycles. The molecule has 0 atom stereocenters. The quantitative estimate of drug-likeness (QED) is 0.894. The molecule has 1 aliphatic rings. The van der Waals surface area contributed by atoms with Crippen LogP contribution in [0.4, 0.5) is 5.69 Å². The Morgan fingerprint density at radius 2 is 2.38 bits per heavy atom. The van der Waals surface area contributed by atoms with Gasteiger partial charge in [0.15, 0.2) is 0 Å². The van der Waals surface area contributed by atoms with Crippen LogP contribution in [0.1, 0.15) is 32.6 Å². The summed E-state index contributed by atoms with van der Waals surface area (Å²) in [6.07, 6.45) is 6.72.